The second-order valence-corrected chi connectivity index (χ2v) is 6.68. The lowest BCUT2D eigenvalue weighted by Gasteiger charge is -2.34. The fourth-order valence-corrected chi connectivity index (χ4v) is 3.12. The Hall–Kier alpha value is -1.92. The Morgan fingerprint density at radius 1 is 1.08 bits per heavy atom. The number of nitrogens with zero attached hydrogens (tertiary/aromatic N) is 2. The average molecular weight is 346 g/mol. The van der Waals surface area contributed by atoms with Crippen molar-refractivity contribution in [2.45, 2.75) is 26.7 Å². The highest BCUT2D eigenvalue weighted by Crippen LogP contribution is 2.19. The second-order valence-electron chi connectivity index (χ2n) is 6.68. The molecule has 1 saturated heterocycles. The van der Waals surface area contributed by atoms with Gasteiger partial charge in [0.1, 0.15) is 0 Å². The summed E-state index contributed by atoms with van der Waals surface area (Å²) in [6.45, 7) is 8.14. The van der Waals surface area contributed by atoms with Gasteiger partial charge in [-0.3, -0.25) is 14.5 Å². The maximum atomic E-state index is 12.3. The van der Waals surface area contributed by atoms with Gasteiger partial charge in [0.15, 0.2) is 0 Å². The van der Waals surface area contributed by atoms with Crippen LogP contribution in [0, 0.1) is 13.8 Å². The number of amides is 2. The molecule has 2 amide bonds. The van der Waals surface area contributed by atoms with Crippen LogP contribution < -0.4 is 10.6 Å². The summed E-state index contributed by atoms with van der Waals surface area (Å²) in [5.74, 6) is 0.223. The van der Waals surface area contributed by atoms with Crippen LogP contribution in [0.4, 0.5) is 5.69 Å². The number of anilines is 1. The minimum absolute atomic E-state index is 0.00574. The van der Waals surface area contributed by atoms with E-state index >= 15 is 0 Å². The summed E-state index contributed by atoms with van der Waals surface area (Å²) in [4.78, 5) is 28.5. The first kappa shape index (κ1) is 19.4. The van der Waals surface area contributed by atoms with Crippen LogP contribution in [0.25, 0.3) is 0 Å². The monoisotopic (exact) mass is 346 g/mol. The standard InChI is InChI=1S/C19H30N4O2/c1-15-6-4-7-16(2)19(15)21-17(24)14-22-10-12-23(13-11-22)18(25)8-5-9-20-3/h4,6-7,20H,5,8-14H2,1-3H3,(H,21,24). The molecule has 138 valence electrons. The van der Waals surface area contributed by atoms with Crippen LogP contribution in [0.5, 0.6) is 0 Å². The maximum absolute atomic E-state index is 12.3. The molecule has 2 N–H and O–H groups in total. The van der Waals surface area contributed by atoms with E-state index in [1.807, 2.05) is 44.0 Å². The van der Waals surface area contributed by atoms with E-state index in [0.29, 0.717) is 26.1 Å². The summed E-state index contributed by atoms with van der Waals surface area (Å²) in [6, 6.07) is 6.00. The highest BCUT2D eigenvalue weighted by atomic mass is 16.2. The van der Waals surface area contributed by atoms with Crippen LogP contribution in [-0.4, -0.2) is 67.9 Å². The fourth-order valence-electron chi connectivity index (χ4n) is 3.12. The van der Waals surface area contributed by atoms with Crippen LogP contribution in [0.3, 0.4) is 0 Å². The van der Waals surface area contributed by atoms with Crippen LogP contribution in [0.2, 0.25) is 0 Å². The first-order valence-corrected chi connectivity index (χ1v) is 9.02. The largest absolute Gasteiger partial charge is 0.340 e. The van der Waals surface area contributed by atoms with Crippen molar-refractivity contribution in [1.29, 1.82) is 0 Å². The zero-order valence-corrected chi connectivity index (χ0v) is 15.6. The van der Waals surface area contributed by atoms with Gasteiger partial charge in [0.05, 0.1) is 6.54 Å². The predicted molar refractivity (Wildman–Crippen MR) is 101 cm³/mol. The lowest BCUT2D eigenvalue weighted by atomic mass is 10.1. The average Bonchev–Trinajstić information content (AvgIpc) is 2.59. The van der Waals surface area contributed by atoms with E-state index in [9.17, 15) is 9.59 Å². The first-order valence-electron chi connectivity index (χ1n) is 9.02. The Kier molecular flexibility index (Phi) is 7.40. The van der Waals surface area contributed by atoms with Gasteiger partial charge in [0.2, 0.25) is 11.8 Å². The van der Waals surface area contributed by atoms with Crippen molar-refractivity contribution in [2.75, 3.05) is 51.6 Å². The van der Waals surface area contributed by atoms with Crippen LogP contribution in [0.1, 0.15) is 24.0 Å². The molecule has 0 aliphatic carbocycles. The molecule has 0 atom stereocenters. The summed E-state index contributed by atoms with van der Waals surface area (Å²) in [5.41, 5.74) is 3.06. The zero-order valence-electron chi connectivity index (χ0n) is 15.6. The number of benzene rings is 1. The molecule has 6 heteroatoms. The fraction of sp³-hybridized carbons (Fsp3) is 0.579. The minimum atomic E-state index is 0.00574. The van der Waals surface area contributed by atoms with Gasteiger partial charge in [-0.2, -0.15) is 0 Å². The smallest absolute Gasteiger partial charge is 0.238 e. The molecule has 0 saturated carbocycles. The van der Waals surface area contributed by atoms with E-state index in [0.717, 1.165) is 42.9 Å². The third-order valence-corrected chi connectivity index (χ3v) is 4.66. The van der Waals surface area contributed by atoms with Gasteiger partial charge in [-0.15, -0.1) is 0 Å². The number of para-hydroxylation sites is 1. The van der Waals surface area contributed by atoms with Crippen molar-refractivity contribution < 1.29 is 9.59 Å². The SMILES string of the molecule is CNCCCC(=O)N1CCN(CC(=O)Nc2c(C)cccc2C)CC1. The number of aryl methyl sites for hydroxylation is 2. The molecule has 1 aromatic carbocycles. The summed E-state index contributed by atoms with van der Waals surface area (Å²) < 4.78 is 0. The molecular weight excluding hydrogens is 316 g/mol. The van der Waals surface area contributed by atoms with Gasteiger partial charge in [-0.25, -0.2) is 0 Å². The predicted octanol–water partition coefficient (Wildman–Crippen LogP) is 1.39. The summed E-state index contributed by atoms with van der Waals surface area (Å²) in [7, 11) is 1.90. The normalized spacial score (nSPS) is 15.2. The first-order chi connectivity index (χ1) is 12.0. The molecule has 0 bridgehead atoms. The quantitative estimate of drug-likeness (QED) is 0.732. The van der Waals surface area contributed by atoms with Gasteiger partial charge in [-0.05, 0) is 45.0 Å². The molecule has 2 rings (SSSR count). The van der Waals surface area contributed by atoms with Gasteiger partial charge in [-0.1, -0.05) is 18.2 Å². The second kappa shape index (κ2) is 9.53. The number of hydrogen-bond donors (Lipinski definition) is 2. The van der Waals surface area contributed by atoms with Crippen molar-refractivity contribution >= 4 is 17.5 Å². The molecule has 1 aliphatic rings. The third-order valence-electron chi connectivity index (χ3n) is 4.66. The Morgan fingerprint density at radius 3 is 2.32 bits per heavy atom. The highest BCUT2D eigenvalue weighted by Gasteiger charge is 2.22. The van der Waals surface area contributed by atoms with Gasteiger partial charge in [0.25, 0.3) is 0 Å². The van der Waals surface area contributed by atoms with Crippen LogP contribution in [0.15, 0.2) is 18.2 Å². The minimum Gasteiger partial charge on any atom is -0.340 e. The topological polar surface area (TPSA) is 64.7 Å². The van der Waals surface area contributed by atoms with E-state index in [4.69, 9.17) is 0 Å². The van der Waals surface area contributed by atoms with Crippen molar-refractivity contribution in [1.82, 2.24) is 15.1 Å². The number of rotatable bonds is 7. The molecular formula is C19H30N4O2. The maximum Gasteiger partial charge on any atom is 0.238 e. The number of nitrogens with one attached hydrogen (secondary N) is 2. The van der Waals surface area contributed by atoms with Gasteiger partial charge >= 0.3 is 0 Å². The van der Waals surface area contributed by atoms with Crippen molar-refractivity contribution in [3.63, 3.8) is 0 Å². The van der Waals surface area contributed by atoms with E-state index < -0.39 is 0 Å². The molecule has 1 heterocycles. The van der Waals surface area contributed by atoms with E-state index in [1.54, 1.807) is 0 Å². The van der Waals surface area contributed by atoms with Crippen LogP contribution >= 0.6 is 0 Å². The van der Waals surface area contributed by atoms with Crippen molar-refractivity contribution in [2.24, 2.45) is 0 Å². The van der Waals surface area contributed by atoms with E-state index in [2.05, 4.69) is 15.5 Å². The number of carbonyl (C=O) groups excluding carboxylic acids is 2. The van der Waals surface area contributed by atoms with E-state index in [1.165, 1.54) is 0 Å². The van der Waals surface area contributed by atoms with E-state index in [-0.39, 0.29) is 11.8 Å². The molecule has 0 radical (unpaired) electrons. The number of piperazine rings is 1. The van der Waals surface area contributed by atoms with Crippen LogP contribution in [-0.2, 0) is 9.59 Å². The Labute approximate surface area is 150 Å². The molecule has 0 spiro atoms. The summed E-state index contributed by atoms with van der Waals surface area (Å²) >= 11 is 0. The summed E-state index contributed by atoms with van der Waals surface area (Å²) in [5, 5.41) is 6.08. The molecule has 0 aromatic heterocycles. The lowest BCUT2D eigenvalue weighted by molar-refractivity contribution is -0.133. The Bertz CT molecular complexity index is 575. The number of hydrogen-bond acceptors (Lipinski definition) is 4. The Morgan fingerprint density at radius 2 is 1.72 bits per heavy atom. The van der Waals surface area contributed by atoms with Crippen molar-refractivity contribution in [3.05, 3.63) is 29.3 Å². The third kappa shape index (κ3) is 5.83. The van der Waals surface area contributed by atoms with Gasteiger partial charge in [0, 0.05) is 38.3 Å². The lowest BCUT2D eigenvalue weighted by Crippen LogP contribution is -2.50. The molecule has 0 unspecified atom stereocenters. The summed E-state index contributed by atoms with van der Waals surface area (Å²) in [6.07, 6.45) is 1.46. The highest BCUT2D eigenvalue weighted by molar-refractivity contribution is 5.93. The molecule has 1 aromatic rings. The molecule has 6 nitrogen and oxygen atoms in total. The molecule has 1 aliphatic heterocycles. The molecule has 1 fully saturated rings. The molecule has 25 heavy (non-hydrogen) atoms. The number of carbonyl (C=O) groups is 2. The Balaban J connectivity index is 1.76. The zero-order chi connectivity index (χ0) is 18.2. The van der Waals surface area contributed by atoms with Gasteiger partial charge < -0.3 is 15.5 Å². The van der Waals surface area contributed by atoms with Crippen molar-refractivity contribution in [3.8, 4) is 0 Å².